The van der Waals surface area contributed by atoms with Crippen LogP contribution in [0.1, 0.15) is 12.5 Å². The summed E-state index contributed by atoms with van der Waals surface area (Å²) in [6.45, 7) is 5.86. The third-order valence-corrected chi connectivity index (χ3v) is 3.48. The minimum atomic E-state index is -0.0363. The molecule has 0 spiro atoms. The van der Waals surface area contributed by atoms with Crippen molar-refractivity contribution < 1.29 is 4.74 Å². The minimum absolute atomic E-state index is 0.0363. The number of aromatic nitrogens is 1. The van der Waals surface area contributed by atoms with Gasteiger partial charge in [0.05, 0.1) is 12.7 Å². The third kappa shape index (κ3) is 3.19. The fraction of sp³-hybridized carbons (Fsp3) is 0.615. The molecule has 1 saturated heterocycles. The maximum absolute atomic E-state index is 6.23. The second kappa shape index (κ2) is 6.13. The lowest BCUT2D eigenvalue weighted by atomic mass is 10.0. The van der Waals surface area contributed by atoms with Crippen LogP contribution in [0, 0.1) is 0 Å². The van der Waals surface area contributed by atoms with Crippen molar-refractivity contribution in [2.24, 2.45) is 5.73 Å². The Kier molecular flexibility index (Phi) is 4.52. The number of hydrogen-bond acceptors (Lipinski definition) is 5. The number of nitrogen functional groups attached to an aromatic ring is 1. The van der Waals surface area contributed by atoms with E-state index < -0.39 is 0 Å². The van der Waals surface area contributed by atoms with Gasteiger partial charge in [0.15, 0.2) is 0 Å². The number of pyridine rings is 1. The van der Waals surface area contributed by atoms with Crippen LogP contribution in [0.25, 0.3) is 0 Å². The predicted molar refractivity (Wildman–Crippen MR) is 72.2 cm³/mol. The van der Waals surface area contributed by atoms with E-state index in [9.17, 15) is 0 Å². The zero-order valence-corrected chi connectivity index (χ0v) is 10.9. The molecule has 5 heteroatoms. The van der Waals surface area contributed by atoms with E-state index in [1.807, 2.05) is 12.1 Å². The second-order valence-corrected chi connectivity index (χ2v) is 4.72. The summed E-state index contributed by atoms with van der Waals surface area (Å²) in [5, 5.41) is 0. The fourth-order valence-corrected chi connectivity index (χ4v) is 2.29. The van der Waals surface area contributed by atoms with Crippen molar-refractivity contribution in [3.05, 3.63) is 23.9 Å². The average Bonchev–Trinajstić information content (AvgIpc) is 2.41. The van der Waals surface area contributed by atoms with Crippen LogP contribution in [0.2, 0.25) is 0 Å². The summed E-state index contributed by atoms with van der Waals surface area (Å²) in [6.07, 6.45) is 2.49. The molecule has 0 aromatic carbocycles. The lowest BCUT2D eigenvalue weighted by Crippen LogP contribution is -2.51. The Morgan fingerprint density at radius 3 is 3.17 bits per heavy atom. The van der Waals surface area contributed by atoms with Crippen molar-refractivity contribution in [2.75, 3.05) is 32.0 Å². The highest BCUT2D eigenvalue weighted by Gasteiger charge is 2.25. The van der Waals surface area contributed by atoms with Gasteiger partial charge >= 0.3 is 0 Å². The highest BCUT2D eigenvalue weighted by molar-refractivity contribution is 5.39. The Bertz CT molecular complexity index is 385. The Labute approximate surface area is 108 Å². The molecule has 1 fully saturated rings. The number of nitrogens with two attached hydrogens (primary N) is 2. The van der Waals surface area contributed by atoms with Gasteiger partial charge in [-0.15, -0.1) is 0 Å². The normalized spacial score (nSPS) is 22.9. The summed E-state index contributed by atoms with van der Waals surface area (Å²) < 4.78 is 5.76. The molecule has 1 aromatic heterocycles. The van der Waals surface area contributed by atoms with Gasteiger partial charge in [-0.1, -0.05) is 13.0 Å². The fourth-order valence-electron chi connectivity index (χ4n) is 2.29. The van der Waals surface area contributed by atoms with Crippen LogP contribution in [0.15, 0.2) is 18.3 Å². The highest BCUT2D eigenvalue weighted by atomic mass is 16.5. The number of ether oxygens (including phenoxy) is 1. The molecule has 0 aliphatic carbocycles. The lowest BCUT2D eigenvalue weighted by molar-refractivity contribution is -0.0385. The van der Waals surface area contributed by atoms with Crippen molar-refractivity contribution in [2.45, 2.75) is 25.5 Å². The summed E-state index contributed by atoms with van der Waals surface area (Å²) in [5.74, 6) is 0.566. The first-order valence-electron chi connectivity index (χ1n) is 6.49. The van der Waals surface area contributed by atoms with E-state index in [-0.39, 0.29) is 12.1 Å². The smallest absolute Gasteiger partial charge is 0.126 e. The molecule has 4 N–H and O–H groups in total. The molecule has 0 amide bonds. The summed E-state index contributed by atoms with van der Waals surface area (Å²) in [7, 11) is 0. The summed E-state index contributed by atoms with van der Waals surface area (Å²) in [6, 6.07) is 3.83. The molecule has 18 heavy (non-hydrogen) atoms. The van der Waals surface area contributed by atoms with Crippen LogP contribution in [-0.4, -0.2) is 48.3 Å². The number of anilines is 1. The maximum Gasteiger partial charge on any atom is 0.126 e. The molecule has 0 bridgehead atoms. The van der Waals surface area contributed by atoms with Gasteiger partial charge in [0.2, 0.25) is 0 Å². The van der Waals surface area contributed by atoms with Crippen LogP contribution in [0.5, 0.6) is 0 Å². The van der Waals surface area contributed by atoms with Gasteiger partial charge in [-0.3, -0.25) is 4.90 Å². The molecule has 0 saturated carbocycles. The van der Waals surface area contributed by atoms with Crippen molar-refractivity contribution in [1.29, 1.82) is 0 Å². The van der Waals surface area contributed by atoms with Gasteiger partial charge in [0.1, 0.15) is 5.82 Å². The maximum atomic E-state index is 6.23. The van der Waals surface area contributed by atoms with Gasteiger partial charge in [0.25, 0.3) is 0 Å². The standard InChI is InChI=1S/C13H22N4O/c1-2-17-6-7-18-12(9-17)11(14)8-10-4-3-5-16-13(10)15/h3-5,11-12H,2,6-9,14H2,1H3,(H2,15,16). The molecule has 5 nitrogen and oxygen atoms in total. The Morgan fingerprint density at radius 2 is 2.44 bits per heavy atom. The minimum Gasteiger partial charge on any atom is -0.383 e. The first kappa shape index (κ1) is 13.3. The third-order valence-electron chi connectivity index (χ3n) is 3.48. The highest BCUT2D eigenvalue weighted by Crippen LogP contribution is 2.14. The SMILES string of the molecule is CCN1CCOC(C(N)Cc2cccnc2N)C1. The van der Waals surface area contributed by atoms with Crippen LogP contribution in [0.4, 0.5) is 5.82 Å². The predicted octanol–water partition coefficient (Wildman–Crippen LogP) is 0.254. The number of rotatable bonds is 4. The number of hydrogen-bond donors (Lipinski definition) is 2. The van der Waals surface area contributed by atoms with Gasteiger partial charge < -0.3 is 16.2 Å². The van der Waals surface area contributed by atoms with E-state index in [2.05, 4.69) is 16.8 Å². The average molecular weight is 250 g/mol. The van der Waals surface area contributed by atoms with Crippen molar-refractivity contribution in [3.63, 3.8) is 0 Å². The zero-order valence-electron chi connectivity index (χ0n) is 10.9. The molecule has 0 radical (unpaired) electrons. The first-order valence-corrected chi connectivity index (χ1v) is 6.49. The molecule has 1 aromatic rings. The van der Waals surface area contributed by atoms with Crippen LogP contribution in [0.3, 0.4) is 0 Å². The molecule has 100 valence electrons. The van der Waals surface area contributed by atoms with Gasteiger partial charge in [0, 0.05) is 25.3 Å². The van der Waals surface area contributed by atoms with Gasteiger partial charge in [-0.25, -0.2) is 4.98 Å². The molecule has 1 aliphatic rings. The zero-order chi connectivity index (χ0) is 13.0. The molecule has 2 unspecified atom stereocenters. The molecule has 2 rings (SSSR count). The van der Waals surface area contributed by atoms with E-state index in [0.717, 1.165) is 31.8 Å². The molecule has 2 atom stereocenters. The summed E-state index contributed by atoms with van der Waals surface area (Å²) in [4.78, 5) is 6.44. The van der Waals surface area contributed by atoms with Crippen LogP contribution >= 0.6 is 0 Å². The lowest BCUT2D eigenvalue weighted by Gasteiger charge is -2.35. The number of nitrogens with zero attached hydrogens (tertiary/aromatic N) is 2. The van der Waals surface area contributed by atoms with Crippen molar-refractivity contribution in [3.8, 4) is 0 Å². The quantitative estimate of drug-likeness (QED) is 0.801. The Hall–Kier alpha value is -1.17. The van der Waals surface area contributed by atoms with Crippen molar-refractivity contribution in [1.82, 2.24) is 9.88 Å². The van der Waals surface area contributed by atoms with E-state index in [1.165, 1.54) is 0 Å². The molecular formula is C13H22N4O. The van der Waals surface area contributed by atoms with Gasteiger partial charge in [-0.05, 0) is 24.6 Å². The molecular weight excluding hydrogens is 228 g/mol. The van der Waals surface area contributed by atoms with E-state index >= 15 is 0 Å². The van der Waals surface area contributed by atoms with E-state index in [4.69, 9.17) is 16.2 Å². The summed E-state index contributed by atoms with van der Waals surface area (Å²) >= 11 is 0. The van der Waals surface area contributed by atoms with Crippen LogP contribution in [-0.2, 0) is 11.2 Å². The van der Waals surface area contributed by atoms with Crippen LogP contribution < -0.4 is 11.5 Å². The topological polar surface area (TPSA) is 77.4 Å². The first-order chi connectivity index (χ1) is 8.70. The summed E-state index contributed by atoms with van der Waals surface area (Å²) in [5.41, 5.74) is 13.1. The Morgan fingerprint density at radius 1 is 1.61 bits per heavy atom. The monoisotopic (exact) mass is 250 g/mol. The number of likely N-dealkylation sites (N-methyl/N-ethyl adjacent to an activating group) is 1. The van der Waals surface area contributed by atoms with Crippen molar-refractivity contribution >= 4 is 5.82 Å². The largest absolute Gasteiger partial charge is 0.383 e. The van der Waals surface area contributed by atoms with E-state index in [1.54, 1.807) is 6.20 Å². The second-order valence-electron chi connectivity index (χ2n) is 4.72. The molecule has 1 aliphatic heterocycles. The Balaban J connectivity index is 1.95. The van der Waals surface area contributed by atoms with E-state index in [0.29, 0.717) is 12.2 Å². The van der Waals surface area contributed by atoms with Gasteiger partial charge in [-0.2, -0.15) is 0 Å². The molecule has 2 heterocycles. The number of morpholine rings is 1.